The van der Waals surface area contributed by atoms with Crippen LogP contribution in [0.4, 0.5) is 0 Å². The van der Waals surface area contributed by atoms with Crippen molar-refractivity contribution in [2.45, 2.75) is 19.6 Å². The van der Waals surface area contributed by atoms with Gasteiger partial charge in [0.15, 0.2) is 0 Å². The number of hydrogen-bond acceptors (Lipinski definition) is 5. The van der Waals surface area contributed by atoms with Crippen LogP contribution in [0.25, 0.3) is 0 Å². The van der Waals surface area contributed by atoms with Gasteiger partial charge in [-0.25, -0.2) is 0 Å². The summed E-state index contributed by atoms with van der Waals surface area (Å²) in [5.74, 6) is 1.50. The summed E-state index contributed by atoms with van der Waals surface area (Å²) in [6.45, 7) is 2.64. The van der Waals surface area contributed by atoms with Gasteiger partial charge in [-0.15, -0.1) is 24.8 Å². The Hall–Kier alpha value is -0.950. The molecule has 0 aliphatic carbocycles. The van der Waals surface area contributed by atoms with Crippen LogP contribution in [0.1, 0.15) is 12.5 Å². The molecule has 0 bridgehead atoms. The second-order valence-electron chi connectivity index (χ2n) is 4.30. The molecule has 0 saturated heterocycles. The highest BCUT2D eigenvalue weighted by Gasteiger charge is 2.14. The second-order valence-corrected chi connectivity index (χ2v) is 5.45. The maximum Gasteiger partial charge on any atom is 0.324 e. The third-order valence-electron chi connectivity index (χ3n) is 2.42. The molecule has 1 aromatic carbocycles. The van der Waals surface area contributed by atoms with E-state index >= 15 is 0 Å². The van der Waals surface area contributed by atoms with E-state index in [1.54, 1.807) is 18.7 Å². The third kappa shape index (κ3) is 10.7. The highest BCUT2D eigenvalue weighted by atomic mass is 35.5. The van der Waals surface area contributed by atoms with Crippen LogP contribution in [-0.4, -0.2) is 35.9 Å². The van der Waals surface area contributed by atoms with E-state index in [1.165, 1.54) is 0 Å². The molecule has 1 aromatic rings. The molecule has 0 aliphatic rings. The van der Waals surface area contributed by atoms with Gasteiger partial charge in [0.1, 0.15) is 12.6 Å². The van der Waals surface area contributed by atoms with Crippen molar-refractivity contribution in [1.29, 1.82) is 0 Å². The number of halogens is 2. The summed E-state index contributed by atoms with van der Waals surface area (Å²) in [5.41, 5.74) is 12.1. The molecule has 0 saturated carbocycles. The number of aliphatic imine (C=N–C) groups is 1. The first-order chi connectivity index (χ1) is 9.59. The van der Waals surface area contributed by atoms with Crippen molar-refractivity contribution < 1.29 is 9.53 Å². The lowest BCUT2D eigenvalue weighted by Crippen LogP contribution is -2.34. The normalized spacial score (nSPS) is 11.8. The van der Waals surface area contributed by atoms with Crippen LogP contribution in [0.15, 0.2) is 35.3 Å². The van der Waals surface area contributed by atoms with Crippen LogP contribution in [0.5, 0.6) is 0 Å². The Labute approximate surface area is 148 Å². The zero-order valence-corrected chi connectivity index (χ0v) is 14.9. The Balaban J connectivity index is 0. The number of nitrogens with two attached hydrogens (primary N) is 2. The molecular formula is C14H23Cl2N3O2S. The molecule has 1 atom stereocenters. The summed E-state index contributed by atoms with van der Waals surface area (Å²) in [5, 5.41) is 0. The molecule has 0 fully saturated rings. The SMILES string of the molecule is CC(N)=NCCSCC(N)C(=O)OCc1ccccc1.Cl.Cl. The monoisotopic (exact) mass is 367 g/mol. The Bertz CT molecular complexity index is 443. The minimum Gasteiger partial charge on any atom is -0.460 e. The summed E-state index contributed by atoms with van der Waals surface area (Å²) in [6, 6.07) is 8.92. The van der Waals surface area contributed by atoms with E-state index in [2.05, 4.69) is 4.99 Å². The molecule has 0 radical (unpaired) electrons. The number of esters is 1. The average Bonchev–Trinajstić information content (AvgIpc) is 2.45. The number of carbonyl (C=O) groups excluding carboxylic acids is 1. The second kappa shape index (κ2) is 13.7. The minimum absolute atomic E-state index is 0. The highest BCUT2D eigenvalue weighted by Crippen LogP contribution is 2.05. The molecule has 0 amide bonds. The number of carbonyl (C=O) groups is 1. The highest BCUT2D eigenvalue weighted by molar-refractivity contribution is 7.99. The number of amidine groups is 1. The molecule has 0 aromatic heterocycles. The number of thioether (sulfide) groups is 1. The van der Waals surface area contributed by atoms with Gasteiger partial charge in [0.2, 0.25) is 0 Å². The summed E-state index contributed by atoms with van der Waals surface area (Å²) in [6.07, 6.45) is 0. The van der Waals surface area contributed by atoms with Gasteiger partial charge < -0.3 is 16.2 Å². The summed E-state index contributed by atoms with van der Waals surface area (Å²) >= 11 is 1.56. The van der Waals surface area contributed by atoms with Crippen LogP contribution >= 0.6 is 36.6 Å². The molecule has 5 nitrogen and oxygen atoms in total. The van der Waals surface area contributed by atoms with E-state index in [4.69, 9.17) is 16.2 Å². The van der Waals surface area contributed by atoms with Crippen molar-refractivity contribution in [3.05, 3.63) is 35.9 Å². The molecule has 126 valence electrons. The van der Waals surface area contributed by atoms with Crippen molar-refractivity contribution in [2.75, 3.05) is 18.1 Å². The molecule has 22 heavy (non-hydrogen) atoms. The standard InChI is InChI=1S/C14H21N3O2S.2ClH/c1-11(15)17-7-8-20-10-13(16)14(18)19-9-12-5-3-2-4-6-12;;/h2-6,13H,7-10,16H2,1H3,(H2,15,17);2*1H. The first kappa shape index (κ1) is 23.3. The van der Waals surface area contributed by atoms with Gasteiger partial charge in [-0.2, -0.15) is 11.8 Å². The number of benzene rings is 1. The lowest BCUT2D eigenvalue weighted by Gasteiger charge is -2.11. The third-order valence-corrected chi connectivity index (χ3v) is 3.49. The largest absolute Gasteiger partial charge is 0.460 e. The molecule has 0 aliphatic heterocycles. The van der Waals surface area contributed by atoms with E-state index in [0.29, 0.717) is 18.1 Å². The summed E-state index contributed by atoms with van der Waals surface area (Å²) in [4.78, 5) is 15.7. The summed E-state index contributed by atoms with van der Waals surface area (Å²) in [7, 11) is 0. The zero-order chi connectivity index (χ0) is 14.8. The predicted molar refractivity (Wildman–Crippen MR) is 98.2 cm³/mol. The molecule has 0 heterocycles. The smallest absolute Gasteiger partial charge is 0.324 e. The van der Waals surface area contributed by atoms with Gasteiger partial charge in [0.05, 0.1) is 5.84 Å². The fraction of sp³-hybridized carbons (Fsp3) is 0.429. The van der Waals surface area contributed by atoms with E-state index in [9.17, 15) is 4.79 Å². The number of rotatable bonds is 8. The van der Waals surface area contributed by atoms with Gasteiger partial charge >= 0.3 is 5.97 Å². The predicted octanol–water partition coefficient (Wildman–Crippen LogP) is 2.01. The first-order valence-electron chi connectivity index (χ1n) is 6.40. The number of ether oxygens (including phenoxy) is 1. The first-order valence-corrected chi connectivity index (χ1v) is 7.55. The molecule has 8 heteroatoms. The van der Waals surface area contributed by atoms with Gasteiger partial charge in [0, 0.05) is 18.1 Å². The maximum atomic E-state index is 11.7. The Morgan fingerprint density at radius 2 is 1.95 bits per heavy atom. The van der Waals surface area contributed by atoms with Crippen LogP contribution < -0.4 is 11.5 Å². The van der Waals surface area contributed by atoms with Gasteiger partial charge in [-0.05, 0) is 12.5 Å². The van der Waals surface area contributed by atoms with Gasteiger partial charge in [-0.1, -0.05) is 30.3 Å². The van der Waals surface area contributed by atoms with Gasteiger partial charge in [-0.3, -0.25) is 9.79 Å². The Morgan fingerprint density at radius 3 is 2.55 bits per heavy atom. The fourth-order valence-corrected chi connectivity index (χ4v) is 2.18. The van der Waals surface area contributed by atoms with E-state index in [0.717, 1.165) is 11.3 Å². The lowest BCUT2D eigenvalue weighted by molar-refractivity contribution is -0.145. The molecular weight excluding hydrogens is 345 g/mol. The van der Waals surface area contributed by atoms with Crippen molar-refractivity contribution in [2.24, 2.45) is 16.5 Å². The van der Waals surface area contributed by atoms with Crippen molar-refractivity contribution in [1.82, 2.24) is 0 Å². The summed E-state index contributed by atoms with van der Waals surface area (Å²) < 4.78 is 5.16. The minimum atomic E-state index is -0.605. The number of hydrogen-bond donors (Lipinski definition) is 2. The molecule has 1 unspecified atom stereocenters. The van der Waals surface area contributed by atoms with E-state index < -0.39 is 6.04 Å². The van der Waals surface area contributed by atoms with Crippen molar-refractivity contribution >= 4 is 48.4 Å². The van der Waals surface area contributed by atoms with E-state index in [1.807, 2.05) is 30.3 Å². The molecule has 4 N–H and O–H groups in total. The van der Waals surface area contributed by atoms with Crippen LogP contribution in [0, 0.1) is 0 Å². The number of nitrogens with zero attached hydrogens (tertiary/aromatic N) is 1. The molecule has 1 rings (SSSR count). The van der Waals surface area contributed by atoms with Crippen LogP contribution in [0.2, 0.25) is 0 Å². The quantitative estimate of drug-likeness (QED) is 0.317. The average molecular weight is 368 g/mol. The van der Waals surface area contributed by atoms with Crippen molar-refractivity contribution in [3.8, 4) is 0 Å². The lowest BCUT2D eigenvalue weighted by atomic mass is 10.2. The fourth-order valence-electron chi connectivity index (χ4n) is 1.40. The maximum absolute atomic E-state index is 11.7. The van der Waals surface area contributed by atoms with Crippen LogP contribution in [-0.2, 0) is 16.1 Å². The Morgan fingerprint density at radius 1 is 1.32 bits per heavy atom. The van der Waals surface area contributed by atoms with Crippen molar-refractivity contribution in [3.63, 3.8) is 0 Å². The van der Waals surface area contributed by atoms with Gasteiger partial charge in [0.25, 0.3) is 0 Å². The zero-order valence-electron chi connectivity index (χ0n) is 12.4. The topological polar surface area (TPSA) is 90.7 Å². The van der Waals surface area contributed by atoms with E-state index in [-0.39, 0.29) is 37.4 Å². The van der Waals surface area contributed by atoms with Crippen LogP contribution in [0.3, 0.4) is 0 Å². The Kier molecular flexibility index (Phi) is 14.5. The molecule has 0 spiro atoms.